The van der Waals surface area contributed by atoms with Crippen molar-refractivity contribution in [2.24, 2.45) is 5.73 Å². The molecule has 0 fully saturated rings. The standard InChI is InChI=1S/C11H10N2O2/c1-15-10-4-2-3-8(6-10)5-9(7-12)11(13)14/h2-6H,1H3,(H2,13,14)/b9-5-. The number of primary amides is 1. The molecule has 4 heteroatoms. The van der Waals surface area contributed by atoms with Crippen LogP contribution in [-0.2, 0) is 4.79 Å². The van der Waals surface area contributed by atoms with Crippen LogP contribution in [0.5, 0.6) is 5.75 Å². The number of nitrogens with two attached hydrogens (primary N) is 1. The SMILES string of the molecule is COc1cccc(/C=C(/C#N)C(N)=O)c1. The number of rotatable bonds is 3. The lowest BCUT2D eigenvalue weighted by atomic mass is 10.1. The van der Waals surface area contributed by atoms with Gasteiger partial charge in [0.2, 0.25) is 0 Å². The highest BCUT2D eigenvalue weighted by Gasteiger charge is 2.03. The van der Waals surface area contributed by atoms with Gasteiger partial charge in [0.25, 0.3) is 5.91 Å². The lowest BCUT2D eigenvalue weighted by Crippen LogP contribution is -2.12. The zero-order chi connectivity index (χ0) is 11.3. The second-order valence-electron chi connectivity index (χ2n) is 2.81. The van der Waals surface area contributed by atoms with Gasteiger partial charge < -0.3 is 10.5 Å². The lowest BCUT2D eigenvalue weighted by Gasteiger charge is -2.00. The fourth-order valence-corrected chi connectivity index (χ4v) is 1.06. The third-order valence-electron chi connectivity index (χ3n) is 1.79. The number of benzene rings is 1. The molecule has 0 aliphatic rings. The van der Waals surface area contributed by atoms with E-state index in [2.05, 4.69) is 0 Å². The third-order valence-corrected chi connectivity index (χ3v) is 1.79. The van der Waals surface area contributed by atoms with E-state index in [1.165, 1.54) is 6.08 Å². The van der Waals surface area contributed by atoms with Crippen LogP contribution in [0.3, 0.4) is 0 Å². The van der Waals surface area contributed by atoms with Gasteiger partial charge in [0.1, 0.15) is 17.4 Å². The number of nitriles is 1. The fraction of sp³-hybridized carbons (Fsp3) is 0.0909. The molecule has 0 radical (unpaired) electrons. The molecule has 0 aliphatic carbocycles. The van der Waals surface area contributed by atoms with Crippen LogP contribution in [0.25, 0.3) is 6.08 Å². The molecule has 0 aliphatic heterocycles. The topological polar surface area (TPSA) is 76.1 Å². The monoisotopic (exact) mass is 202 g/mol. The predicted octanol–water partition coefficient (Wildman–Crippen LogP) is 1.09. The number of methoxy groups -OCH3 is 1. The van der Waals surface area contributed by atoms with Gasteiger partial charge in [-0.05, 0) is 23.8 Å². The quantitative estimate of drug-likeness (QED) is 0.588. The van der Waals surface area contributed by atoms with Gasteiger partial charge in [0, 0.05) is 0 Å². The van der Waals surface area contributed by atoms with E-state index in [0.29, 0.717) is 11.3 Å². The van der Waals surface area contributed by atoms with Gasteiger partial charge in [0.05, 0.1) is 7.11 Å². The van der Waals surface area contributed by atoms with Gasteiger partial charge >= 0.3 is 0 Å². The van der Waals surface area contributed by atoms with Crippen LogP contribution in [-0.4, -0.2) is 13.0 Å². The lowest BCUT2D eigenvalue weighted by molar-refractivity contribution is -0.114. The molecule has 1 aromatic carbocycles. The Morgan fingerprint density at radius 1 is 1.60 bits per heavy atom. The maximum Gasteiger partial charge on any atom is 0.259 e. The molecule has 0 saturated heterocycles. The molecule has 1 rings (SSSR count). The van der Waals surface area contributed by atoms with E-state index in [4.69, 9.17) is 15.7 Å². The molecule has 15 heavy (non-hydrogen) atoms. The molecule has 0 spiro atoms. The van der Waals surface area contributed by atoms with Crippen molar-refractivity contribution in [3.05, 3.63) is 35.4 Å². The van der Waals surface area contributed by atoms with E-state index in [0.717, 1.165) is 0 Å². The first kappa shape index (κ1) is 10.8. The molecule has 76 valence electrons. The van der Waals surface area contributed by atoms with Gasteiger partial charge in [-0.15, -0.1) is 0 Å². The minimum Gasteiger partial charge on any atom is -0.497 e. The second kappa shape index (κ2) is 4.82. The van der Waals surface area contributed by atoms with E-state index in [9.17, 15) is 4.79 Å². The maximum absolute atomic E-state index is 10.8. The summed E-state index contributed by atoms with van der Waals surface area (Å²) in [5, 5.41) is 8.63. The summed E-state index contributed by atoms with van der Waals surface area (Å²) >= 11 is 0. The molecule has 1 aromatic rings. The number of carbonyl (C=O) groups is 1. The summed E-state index contributed by atoms with van der Waals surface area (Å²) in [5.41, 5.74) is 5.62. The normalized spacial score (nSPS) is 10.5. The summed E-state index contributed by atoms with van der Waals surface area (Å²) in [6.07, 6.45) is 1.42. The average Bonchev–Trinajstić information content (AvgIpc) is 2.25. The number of carbonyl (C=O) groups excluding carboxylic acids is 1. The summed E-state index contributed by atoms with van der Waals surface area (Å²) in [6, 6.07) is 8.73. The predicted molar refractivity (Wildman–Crippen MR) is 55.8 cm³/mol. The number of nitrogens with zero attached hydrogens (tertiary/aromatic N) is 1. The summed E-state index contributed by atoms with van der Waals surface area (Å²) in [6.45, 7) is 0. The molecule has 0 aromatic heterocycles. The smallest absolute Gasteiger partial charge is 0.259 e. The Hall–Kier alpha value is -2.28. The highest BCUT2D eigenvalue weighted by Crippen LogP contribution is 2.14. The van der Waals surface area contributed by atoms with Gasteiger partial charge in [-0.25, -0.2) is 0 Å². The van der Waals surface area contributed by atoms with Crippen LogP contribution in [0.2, 0.25) is 0 Å². The largest absolute Gasteiger partial charge is 0.497 e. The van der Waals surface area contributed by atoms with E-state index in [-0.39, 0.29) is 5.57 Å². The molecule has 0 heterocycles. The van der Waals surface area contributed by atoms with E-state index in [1.54, 1.807) is 37.4 Å². The van der Waals surface area contributed by atoms with E-state index in [1.807, 2.05) is 0 Å². The van der Waals surface area contributed by atoms with Gasteiger partial charge in [0.15, 0.2) is 0 Å². The van der Waals surface area contributed by atoms with Crippen molar-refractivity contribution in [1.82, 2.24) is 0 Å². The number of ether oxygens (including phenoxy) is 1. The Labute approximate surface area is 87.6 Å². The first-order valence-corrected chi connectivity index (χ1v) is 4.23. The Morgan fingerprint density at radius 2 is 2.33 bits per heavy atom. The zero-order valence-corrected chi connectivity index (χ0v) is 8.23. The molecule has 0 unspecified atom stereocenters. The summed E-state index contributed by atoms with van der Waals surface area (Å²) in [5.74, 6) is -0.0779. The minimum absolute atomic E-state index is 0.0803. The first-order valence-electron chi connectivity index (χ1n) is 4.23. The summed E-state index contributed by atoms with van der Waals surface area (Å²) in [7, 11) is 1.54. The van der Waals surface area contributed by atoms with Crippen LogP contribution in [0.4, 0.5) is 0 Å². The molecule has 0 atom stereocenters. The van der Waals surface area contributed by atoms with Crippen LogP contribution < -0.4 is 10.5 Å². The third kappa shape index (κ3) is 2.85. The van der Waals surface area contributed by atoms with Crippen molar-refractivity contribution in [3.63, 3.8) is 0 Å². The van der Waals surface area contributed by atoms with Crippen molar-refractivity contribution < 1.29 is 9.53 Å². The Morgan fingerprint density at radius 3 is 2.87 bits per heavy atom. The molecule has 1 amide bonds. The Balaban J connectivity index is 3.07. The Bertz CT molecular complexity index is 444. The second-order valence-corrected chi connectivity index (χ2v) is 2.81. The summed E-state index contributed by atoms with van der Waals surface area (Å²) < 4.78 is 5.00. The highest BCUT2D eigenvalue weighted by molar-refractivity contribution is 6.00. The molecular weight excluding hydrogens is 192 g/mol. The van der Waals surface area contributed by atoms with Crippen molar-refractivity contribution in [2.75, 3.05) is 7.11 Å². The van der Waals surface area contributed by atoms with E-state index >= 15 is 0 Å². The van der Waals surface area contributed by atoms with Crippen molar-refractivity contribution in [2.45, 2.75) is 0 Å². The maximum atomic E-state index is 10.8. The molecule has 0 saturated carbocycles. The average molecular weight is 202 g/mol. The van der Waals surface area contributed by atoms with Gasteiger partial charge in [-0.1, -0.05) is 12.1 Å². The number of hydrogen-bond donors (Lipinski definition) is 1. The van der Waals surface area contributed by atoms with Crippen LogP contribution >= 0.6 is 0 Å². The molecule has 4 nitrogen and oxygen atoms in total. The molecular formula is C11H10N2O2. The summed E-state index contributed by atoms with van der Waals surface area (Å²) in [4.78, 5) is 10.8. The first-order chi connectivity index (χ1) is 7.17. The minimum atomic E-state index is -0.736. The van der Waals surface area contributed by atoms with Gasteiger partial charge in [-0.3, -0.25) is 4.79 Å². The van der Waals surface area contributed by atoms with Crippen molar-refractivity contribution in [1.29, 1.82) is 5.26 Å². The van der Waals surface area contributed by atoms with Crippen molar-refractivity contribution >= 4 is 12.0 Å². The Kier molecular flexibility index (Phi) is 3.47. The van der Waals surface area contributed by atoms with Crippen LogP contribution in [0.15, 0.2) is 29.8 Å². The highest BCUT2D eigenvalue weighted by atomic mass is 16.5. The molecule has 0 bridgehead atoms. The number of hydrogen-bond acceptors (Lipinski definition) is 3. The fourth-order valence-electron chi connectivity index (χ4n) is 1.06. The van der Waals surface area contributed by atoms with E-state index < -0.39 is 5.91 Å². The van der Waals surface area contributed by atoms with Gasteiger partial charge in [-0.2, -0.15) is 5.26 Å². The zero-order valence-electron chi connectivity index (χ0n) is 8.23. The van der Waals surface area contributed by atoms with Crippen molar-refractivity contribution in [3.8, 4) is 11.8 Å². The van der Waals surface area contributed by atoms with Crippen LogP contribution in [0.1, 0.15) is 5.56 Å². The molecule has 2 N–H and O–H groups in total. The number of amides is 1. The van der Waals surface area contributed by atoms with Crippen LogP contribution in [0, 0.1) is 11.3 Å².